The molecule has 0 aromatic carbocycles. The van der Waals surface area contributed by atoms with Crippen molar-refractivity contribution in [1.82, 2.24) is 15.5 Å². The minimum Gasteiger partial charge on any atom is -0.465 e. The van der Waals surface area contributed by atoms with Crippen molar-refractivity contribution >= 4 is 6.03 Å². The van der Waals surface area contributed by atoms with E-state index in [0.717, 1.165) is 50.7 Å². The number of aryl methyl sites for hydroxylation is 1. The first kappa shape index (κ1) is 18.3. The lowest BCUT2D eigenvalue weighted by atomic mass is 10.1. The molecule has 2 heterocycles. The van der Waals surface area contributed by atoms with Gasteiger partial charge in [0.2, 0.25) is 0 Å². The molecule has 1 unspecified atom stereocenters. The first-order chi connectivity index (χ1) is 12.2. The predicted octanol–water partition coefficient (Wildman–Crippen LogP) is 2.98. The van der Waals surface area contributed by atoms with Crippen LogP contribution >= 0.6 is 0 Å². The Morgan fingerprint density at radius 1 is 1.20 bits per heavy atom. The Bertz CT molecular complexity index is 532. The fourth-order valence-corrected chi connectivity index (χ4v) is 3.78. The quantitative estimate of drug-likeness (QED) is 0.802. The first-order valence-electron chi connectivity index (χ1n) is 9.65. The van der Waals surface area contributed by atoms with E-state index in [-0.39, 0.29) is 12.1 Å². The van der Waals surface area contributed by atoms with Gasteiger partial charge in [-0.25, -0.2) is 4.79 Å². The van der Waals surface area contributed by atoms with Gasteiger partial charge < -0.3 is 19.8 Å². The van der Waals surface area contributed by atoms with Crippen LogP contribution in [-0.4, -0.2) is 49.8 Å². The fourth-order valence-electron chi connectivity index (χ4n) is 3.78. The Labute approximate surface area is 150 Å². The van der Waals surface area contributed by atoms with Crippen LogP contribution in [0.25, 0.3) is 0 Å². The Hall–Kier alpha value is -1.53. The molecule has 1 aliphatic carbocycles. The van der Waals surface area contributed by atoms with E-state index in [2.05, 4.69) is 15.5 Å². The molecule has 1 aliphatic heterocycles. The maximum atomic E-state index is 12.4. The van der Waals surface area contributed by atoms with Gasteiger partial charge in [-0.15, -0.1) is 0 Å². The molecular formula is C19H31N3O3. The predicted molar refractivity (Wildman–Crippen MR) is 96.6 cm³/mol. The SMILES string of the molecule is Cc1ccc(C(CNC(=O)NC2CCCCCC2)N2CCOCC2)o1. The maximum absolute atomic E-state index is 12.4. The van der Waals surface area contributed by atoms with Crippen LogP contribution in [0.5, 0.6) is 0 Å². The van der Waals surface area contributed by atoms with E-state index in [1.54, 1.807) is 0 Å². The van der Waals surface area contributed by atoms with Crippen LogP contribution in [0.2, 0.25) is 0 Å². The van der Waals surface area contributed by atoms with Gasteiger partial charge in [-0.2, -0.15) is 0 Å². The lowest BCUT2D eigenvalue weighted by molar-refractivity contribution is 0.0121. The number of nitrogens with zero attached hydrogens (tertiary/aromatic N) is 1. The van der Waals surface area contributed by atoms with Gasteiger partial charge in [0, 0.05) is 25.7 Å². The van der Waals surface area contributed by atoms with Gasteiger partial charge in [0.05, 0.1) is 19.3 Å². The Morgan fingerprint density at radius 3 is 2.56 bits per heavy atom. The van der Waals surface area contributed by atoms with Crippen LogP contribution in [0.1, 0.15) is 56.1 Å². The highest BCUT2D eigenvalue weighted by Gasteiger charge is 2.26. The van der Waals surface area contributed by atoms with Gasteiger partial charge in [0.1, 0.15) is 11.5 Å². The molecule has 3 rings (SSSR count). The fraction of sp³-hybridized carbons (Fsp3) is 0.737. The summed E-state index contributed by atoms with van der Waals surface area (Å²) in [7, 11) is 0. The van der Waals surface area contributed by atoms with Crippen molar-refractivity contribution in [2.75, 3.05) is 32.8 Å². The van der Waals surface area contributed by atoms with E-state index in [4.69, 9.17) is 9.15 Å². The van der Waals surface area contributed by atoms with Gasteiger partial charge >= 0.3 is 6.03 Å². The highest BCUT2D eigenvalue weighted by atomic mass is 16.5. The Balaban J connectivity index is 1.55. The minimum atomic E-state index is -0.0616. The third-order valence-electron chi connectivity index (χ3n) is 5.22. The lowest BCUT2D eigenvalue weighted by Crippen LogP contribution is -2.47. The molecule has 1 saturated carbocycles. The average molecular weight is 349 g/mol. The summed E-state index contributed by atoms with van der Waals surface area (Å²) in [5.74, 6) is 1.81. The number of carbonyl (C=O) groups excluding carboxylic acids is 1. The van der Waals surface area contributed by atoms with Gasteiger partial charge in [-0.1, -0.05) is 25.7 Å². The van der Waals surface area contributed by atoms with E-state index in [9.17, 15) is 4.79 Å². The smallest absolute Gasteiger partial charge is 0.315 e. The molecule has 0 spiro atoms. The van der Waals surface area contributed by atoms with Crippen LogP contribution in [-0.2, 0) is 4.74 Å². The Morgan fingerprint density at radius 2 is 1.92 bits per heavy atom. The number of hydrogen-bond donors (Lipinski definition) is 2. The zero-order valence-electron chi connectivity index (χ0n) is 15.3. The molecule has 2 N–H and O–H groups in total. The largest absolute Gasteiger partial charge is 0.465 e. The number of carbonyl (C=O) groups is 1. The average Bonchev–Trinajstić information content (AvgIpc) is 2.89. The van der Waals surface area contributed by atoms with E-state index < -0.39 is 0 Å². The molecule has 1 aromatic rings. The lowest BCUT2D eigenvalue weighted by Gasteiger charge is -2.33. The molecule has 0 radical (unpaired) electrons. The monoisotopic (exact) mass is 349 g/mol. The topological polar surface area (TPSA) is 66.7 Å². The van der Waals surface area contributed by atoms with Gasteiger partial charge in [0.15, 0.2) is 0 Å². The van der Waals surface area contributed by atoms with Crippen molar-refractivity contribution in [2.24, 2.45) is 0 Å². The second-order valence-electron chi connectivity index (χ2n) is 7.16. The second-order valence-corrected chi connectivity index (χ2v) is 7.16. The van der Waals surface area contributed by atoms with Crippen LogP contribution in [0, 0.1) is 6.92 Å². The highest BCUT2D eigenvalue weighted by Crippen LogP contribution is 2.23. The van der Waals surface area contributed by atoms with Crippen LogP contribution < -0.4 is 10.6 Å². The van der Waals surface area contributed by atoms with Crippen molar-refractivity contribution in [1.29, 1.82) is 0 Å². The number of rotatable bonds is 5. The number of hydrogen-bond acceptors (Lipinski definition) is 4. The summed E-state index contributed by atoms with van der Waals surface area (Å²) in [6, 6.07) is 4.30. The third kappa shape index (κ3) is 5.47. The van der Waals surface area contributed by atoms with Gasteiger partial charge in [0.25, 0.3) is 0 Å². The van der Waals surface area contributed by atoms with Crippen molar-refractivity contribution < 1.29 is 13.9 Å². The summed E-state index contributed by atoms with van der Waals surface area (Å²) in [5.41, 5.74) is 0. The number of urea groups is 1. The molecule has 25 heavy (non-hydrogen) atoms. The van der Waals surface area contributed by atoms with Crippen LogP contribution in [0.4, 0.5) is 4.79 Å². The molecule has 1 saturated heterocycles. The van der Waals surface area contributed by atoms with Crippen LogP contribution in [0.15, 0.2) is 16.5 Å². The molecule has 0 bridgehead atoms. The normalized spacial score (nSPS) is 21.5. The molecule has 1 atom stereocenters. The molecule has 1 aromatic heterocycles. The summed E-state index contributed by atoms with van der Waals surface area (Å²) in [4.78, 5) is 14.7. The van der Waals surface area contributed by atoms with E-state index in [0.29, 0.717) is 12.6 Å². The number of nitrogens with one attached hydrogen (secondary N) is 2. The molecule has 6 heteroatoms. The van der Waals surface area contributed by atoms with E-state index in [1.807, 2.05) is 19.1 Å². The first-order valence-corrected chi connectivity index (χ1v) is 9.65. The van der Waals surface area contributed by atoms with Crippen molar-refractivity contribution in [3.8, 4) is 0 Å². The standard InChI is InChI=1S/C19H31N3O3/c1-15-8-9-18(25-15)17(22-10-12-24-13-11-22)14-20-19(23)21-16-6-4-2-3-5-7-16/h8-9,16-17H,2-7,10-14H2,1H3,(H2,20,21,23). The van der Waals surface area contributed by atoms with Crippen molar-refractivity contribution in [2.45, 2.75) is 57.5 Å². The van der Waals surface area contributed by atoms with E-state index in [1.165, 1.54) is 25.7 Å². The van der Waals surface area contributed by atoms with Crippen LogP contribution in [0.3, 0.4) is 0 Å². The zero-order valence-corrected chi connectivity index (χ0v) is 15.3. The number of morpholine rings is 1. The molecule has 2 aliphatic rings. The number of ether oxygens (including phenoxy) is 1. The van der Waals surface area contributed by atoms with Gasteiger partial charge in [-0.3, -0.25) is 4.90 Å². The molecule has 2 amide bonds. The zero-order chi connectivity index (χ0) is 17.5. The summed E-state index contributed by atoms with van der Waals surface area (Å²) in [5, 5.41) is 6.21. The molecule has 6 nitrogen and oxygen atoms in total. The van der Waals surface area contributed by atoms with E-state index >= 15 is 0 Å². The van der Waals surface area contributed by atoms with Crippen molar-refractivity contribution in [3.63, 3.8) is 0 Å². The summed E-state index contributed by atoms with van der Waals surface area (Å²) < 4.78 is 11.3. The van der Waals surface area contributed by atoms with Crippen molar-refractivity contribution in [3.05, 3.63) is 23.7 Å². The van der Waals surface area contributed by atoms with Gasteiger partial charge in [-0.05, 0) is 31.9 Å². The Kier molecular flexibility index (Phi) is 6.76. The molecule has 140 valence electrons. The maximum Gasteiger partial charge on any atom is 0.315 e. The second kappa shape index (κ2) is 9.25. The summed E-state index contributed by atoms with van der Waals surface area (Å²) in [6.45, 7) is 5.67. The summed E-state index contributed by atoms with van der Waals surface area (Å²) >= 11 is 0. The third-order valence-corrected chi connectivity index (χ3v) is 5.22. The number of furan rings is 1. The minimum absolute atomic E-state index is 0.0532. The summed E-state index contributed by atoms with van der Waals surface area (Å²) in [6.07, 6.45) is 7.20. The molecule has 2 fully saturated rings. The molecular weight excluding hydrogens is 318 g/mol. The highest BCUT2D eigenvalue weighted by molar-refractivity contribution is 5.74. The number of amides is 2.